The number of hydrogen-bond donors (Lipinski definition) is 3. The van der Waals surface area contributed by atoms with Crippen LogP contribution in [0.1, 0.15) is 35.3 Å². The third kappa shape index (κ3) is 6.17. The van der Waals surface area contributed by atoms with Crippen molar-refractivity contribution in [2.24, 2.45) is 0 Å². The van der Waals surface area contributed by atoms with Crippen molar-refractivity contribution in [3.63, 3.8) is 0 Å². The minimum absolute atomic E-state index is 0.0161. The number of carbonyl (C=O) groups is 2. The molecule has 1 atom stereocenters. The van der Waals surface area contributed by atoms with E-state index in [-0.39, 0.29) is 28.2 Å². The third-order valence-electron chi connectivity index (χ3n) is 6.21. The number of allylic oxidation sites excluding steroid dienone is 2. The fourth-order valence-corrected chi connectivity index (χ4v) is 5.79. The zero-order valence-electron chi connectivity index (χ0n) is 21.7. The summed E-state index contributed by atoms with van der Waals surface area (Å²) >= 11 is 13.4. The molecule has 1 aromatic heterocycles. The number of amides is 2. The van der Waals surface area contributed by atoms with Crippen LogP contribution in [0.2, 0.25) is 10.0 Å². The molecular weight excluding hydrogens is 555 g/mol. The van der Waals surface area contributed by atoms with Crippen LogP contribution >= 0.6 is 35.0 Å². The van der Waals surface area contributed by atoms with Crippen LogP contribution in [-0.2, 0) is 9.59 Å². The summed E-state index contributed by atoms with van der Waals surface area (Å²) in [5.74, 6) is -1.01. The van der Waals surface area contributed by atoms with Crippen LogP contribution in [0.4, 0.5) is 11.4 Å². The van der Waals surface area contributed by atoms with Crippen molar-refractivity contribution in [1.29, 1.82) is 5.26 Å². The fraction of sp³-hybridized carbons (Fsp3) is 0.207. The number of furan rings is 1. The molecule has 4 rings (SSSR count). The van der Waals surface area contributed by atoms with Crippen molar-refractivity contribution >= 4 is 58.2 Å². The van der Waals surface area contributed by atoms with Gasteiger partial charge in [0, 0.05) is 11.4 Å². The molecule has 10 heteroatoms. The van der Waals surface area contributed by atoms with Crippen LogP contribution in [0.25, 0.3) is 0 Å². The van der Waals surface area contributed by atoms with Gasteiger partial charge in [0.2, 0.25) is 5.91 Å². The zero-order valence-corrected chi connectivity index (χ0v) is 24.1. The van der Waals surface area contributed by atoms with E-state index in [0.717, 1.165) is 34.1 Å². The fourth-order valence-electron chi connectivity index (χ4n) is 4.55. The second-order valence-electron chi connectivity index (χ2n) is 9.13. The molecule has 3 N–H and O–H groups in total. The molecule has 0 fully saturated rings. The number of dihydropyridines is 1. The van der Waals surface area contributed by atoms with Gasteiger partial charge in [0.1, 0.15) is 5.76 Å². The first-order chi connectivity index (χ1) is 18.6. The molecule has 0 unspecified atom stereocenters. The van der Waals surface area contributed by atoms with Gasteiger partial charge in [0.05, 0.1) is 55.9 Å². The average Bonchev–Trinajstić information content (AvgIpc) is 3.42. The van der Waals surface area contributed by atoms with E-state index in [1.165, 1.54) is 6.26 Å². The first-order valence-corrected chi connectivity index (χ1v) is 13.8. The monoisotopic (exact) mass is 580 g/mol. The molecular formula is C29H26Cl2N4O3S. The highest BCUT2D eigenvalue weighted by molar-refractivity contribution is 8.03. The Labute approximate surface area is 241 Å². The summed E-state index contributed by atoms with van der Waals surface area (Å²) in [7, 11) is 0. The Hall–Kier alpha value is -3.64. The maximum atomic E-state index is 13.7. The normalized spacial score (nSPS) is 15.1. The lowest BCUT2D eigenvalue weighted by atomic mass is 9.85. The Bertz CT molecular complexity index is 1530. The van der Waals surface area contributed by atoms with E-state index in [0.29, 0.717) is 32.8 Å². The largest absolute Gasteiger partial charge is 0.468 e. The molecule has 39 heavy (non-hydrogen) atoms. The van der Waals surface area contributed by atoms with E-state index in [2.05, 4.69) is 22.0 Å². The minimum atomic E-state index is -0.759. The Morgan fingerprint density at radius 2 is 1.79 bits per heavy atom. The van der Waals surface area contributed by atoms with Crippen molar-refractivity contribution in [3.8, 4) is 6.07 Å². The number of halogens is 2. The van der Waals surface area contributed by atoms with Gasteiger partial charge in [-0.05, 0) is 63.1 Å². The Kier molecular flexibility index (Phi) is 8.76. The molecule has 1 aliphatic rings. The lowest BCUT2D eigenvalue weighted by molar-refractivity contribution is -0.114. The number of nitrogens with zero attached hydrogens (tertiary/aromatic N) is 1. The Balaban J connectivity index is 1.61. The molecule has 2 amide bonds. The second kappa shape index (κ2) is 12.0. The molecule has 2 heterocycles. The number of thioether (sulfide) groups is 1. The number of hydrogen-bond acceptors (Lipinski definition) is 6. The zero-order chi connectivity index (χ0) is 28.3. The second-order valence-corrected chi connectivity index (χ2v) is 10.9. The molecule has 2 aromatic carbocycles. The summed E-state index contributed by atoms with van der Waals surface area (Å²) in [6, 6.07) is 14.6. The van der Waals surface area contributed by atoms with Crippen LogP contribution in [0.5, 0.6) is 0 Å². The summed E-state index contributed by atoms with van der Waals surface area (Å²) in [4.78, 5) is 26.4. The molecule has 0 saturated heterocycles. The molecule has 0 aliphatic carbocycles. The third-order valence-corrected chi connectivity index (χ3v) is 8.04. The Morgan fingerprint density at radius 3 is 2.44 bits per heavy atom. The molecule has 0 radical (unpaired) electrons. The number of nitriles is 1. The SMILES string of the molecule is CC1=C(C(=O)Nc2c(C)cc(C)cc2C)[C@H](c2ccco2)C(C#N)=C(SCC(=O)Nc2cccc(Cl)c2Cl)N1. The van der Waals surface area contributed by atoms with Gasteiger partial charge in [-0.1, -0.05) is 58.7 Å². The van der Waals surface area contributed by atoms with Gasteiger partial charge in [0.15, 0.2) is 0 Å². The van der Waals surface area contributed by atoms with Crippen molar-refractivity contribution < 1.29 is 14.0 Å². The number of carbonyl (C=O) groups excluding carboxylic acids is 2. The van der Waals surface area contributed by atoms with Gasteiger partial charge in [-0.25, -0.2) is 0 Å². The van der Waals surface area contributed by atoms with Crippen LogP contribution in [0.3, 0.4) is 0 Å². The lowest BCUT2D eigenvalue weighted by Crippen LogP contribution is -2.31. The van der Waals surface area contributed by atoms with Gasteiger partial charge in [-0.15, -0.1) is 0 Å². The van der Waals surface area contributed by atoms with E-state index < -0.39 is 5.92 Å². The van der Waals surface area contributed by atoms with Gasteiger partial charge in [0.25, 0.3) is 5.91 Å². The maximum Gasteiger partial charge on any atom is 0.254 e. The number of benzene rings is 2. The standard InChI is InChI=1S/C29H26Cl2N4O3S/c1-15-11-16(2)27(17(3)12-15)35-28(37)24-18(4)33-29(19(13-32)25(24)22-9-6-10-38-22)39-14-23(36)34-21-8-5-7-20(30)26(21)31/h5-12,25,33H,14H2,1-4H3,(H,34,36)(H,35,37)/t25-/m0/s1. The van der Waals surface area contributed by atoms with E-state index in [1.54, 1.807) is 37.3 Å². The topological polar surface area (TPSA) is 107 Å². The van der Waals surface area contributed by atoms with Crippen molar-refractivity contribution in [2.75, 3.05) is 16.4 Å². The summed E-state index contributed by atoms with van der Waals surface area (Å²) in [5.41, 5.74) is 5.29. The molecule has 0 saturated carbocycles. The van der Waals surface area contributed by atoms with Gasteiger partial charge < -0.3 is 20.4 Å². The number of aryl methyl sites for hydroxylation is 3. The summed E-state index contributed by atoms with van der Waals surface area (Å²) in [5, 5.41) is 20.2. The van der Waals surface area contributed by atoms with E-state index in [9.17, 15) is 14.9 Å². The van der Waals surface area contributed by atoms with Gasteiger partial charge in [-0.3, -0.25) is 9.59 Å². The van der Waals surface area contributed by atoms with E-state index in [4.69, 9.17) is 27.6 Å². The summed E-state index contributed by atoms with van der Waals surface area (Å²) < 4.78 is 5.68. The quantitative estimate of drug-likeness (QED) is 0.272. The molecule has 7 nitrogen and oxygen atoms in total. The number of nitrogens with one attached hydrogen (secondary N) is 3. The average molecular weight is 582 g/mol. The van der Waals surface area contributed by atoms with Crippen molar-refractivity contribution in [3.05, 3.63) is 103 Å². The van der Waals surface area contributed by atoms with Crippen LogP contribution in [0, 0.1) is 32.1 Å². The van der Waals surface area contributed by atoms with Crippen molar-refractivity contribution in [1.82, 2.24) is 5.32 Å². The molecule has 200 valence electrons. The Morgan fingerprint density at radius 1 is 1.08 bits per heavy atom. The molecule has 1 aliphatic heterocycles. The first-order valence-electron chi connectivity index (χ1n) is 12.0. The summed E-state index contributed by atoms with van der Waals surface area (Å²) in [6.45, 7) is 7.65. The smallest absolute Gasteiger partial charge is 0.254 e. The first kappa shape index (κ1) is 28.4. The minimum Gasteiger partial charge on any atom is -0.468 e. The molecule has 3 aromatic rings. The van der Waals surface area contributed by atoms with E-state index >= 15 is 0 Å². The van der Waals surface area contributed by atoms with Gasteiger partial charge >= 0.3 is 0 Å². The van der Waals surface area contributed by atoms with Crippen molar-refractivity contribution in [2.45, 2.75) is 33.6 Å². The number of rotatable bonds is 7. The van der Waals surface area contributed by atoms with Crippen LogP contribution in [0.15, 0.2) is 75.0 Å². The predicted molar refractivity (Wildman–Crippen MR) is 157 cm³/mol. The molecule has 0 spiro atoms. The maximum absolute atomic E-state index is 13.7. The highest BCUT2D eigenvalue weighted by Crippen LogP contribution is 2.41. The van der Waals surface area contributed by atoms with E-state index in [1.807, 2.05) is 32.9 Å². The predicted octanol–water partition coefficient (Wildman–Crippen LogP) is 7.22. The lowest BCUT2D eigenvalue weighted by Gasteiger charge is -2.28. The summed E-state index contributed by atoms with van der Waals surface area (Å²) in [6.07, 6.45) is 1.50. The highest BCUT2D eigenvalue weighted by Gasteiger charge is 2.36. The van der Waals surface area contributed by atoms with Gasteiger partial charge in [-0.2, -0.15) is 5.26 Å². The van der Waals surface area contributed by atoms with Crippen LogP contribution in [-0.4, -0.2) is 17.6 Å². The van der Waals surface area contributed by atoms with Crippen LogP contribution < -0.4 is 16.0 Å². The molecule has 0 bridgehead atoms. The highest BCUT2D eigenvalue weighted by atomic mass is 35.5. The number of anilines is 2.